The number of carbonyl (C=O) groups excluding carboxylic acids is 5. The summed E-state index contributed by atoms with van der Waals surface area (Å²) >= 11 is 0. The summed E-state index contributed by atoms with van der Waals surface area (Å²) < 4.78 is 1.94. The van der Waals surface area contributed by atoms with E-state index in [4.69, 9.17) is 17.2 Å². The summed E-state index contributed by atoms with van der Waals surface area (Å²) in [6.45, 7) is 0.640. The van der Waals surface area contributed by atoms with E-state index >= 15 is 0 Å². The van der Waals surface area contributed by atoms with E-state index in [0.29, 0.717) is 23.4 Å². The van der Waals surface area contributed by atoms with Gasteiger partial charge in [-0.2, -0.15) is 5.26 Å². The number of ketones is 4. The molecule has 1 heterocycles. The quantitative estimate of drug-likeness (QED) is 0.223. The van der Waals surface area contributed by atoms with Crippen LogP contribution < -0.4 is 27.4 Å². The number of aromatic hydroxyl groups is 1. The van der Waals surface area contributed by atoms with E-state index in [1.165, 1.54) is 19.0 Å². The number of anilines is 1. The van der Waals surface area contributed by atoms with Crippen molar-refractivity contribution in [2.75, 3.05) is 33.1 Å². The minimum absolute atomic E-state index is 0.134. The van der Waals surface area contributed by atoms with Gasteiger partial charge in [0.1, 0.15) is 11.7 Å². The summed E-state index contributed by atoms with van der Waals surface area (Å²) in [6.07, 6.45) is 1.30. The normalized spacial score (nSPS) is 30.9. The van der Waals surface area contributed by atoms with Crippen LogP contribution in [0.15, 0.2) is 24.4 Å². The van der Waals surface area contributed by atoms with E-state index in [1.54, 1.807) is 31.1 Å². The number of carbonyl (C=O) groups is 5. The number of phenolic OH excluding ortho intramolecular Hbond substituents is 1. The van der Waals surface area contributed by atoms with Crippen LogP contribution in [0.2, 0.25) is 0 Å². The third kappa shape index (κ3) is 4.26. The molecule has 3 aliphatic carbocycles. The van der Waals surface area contributed by atoms with Crippen molar-refractivity contribution in [3.05, 3.63) is 46.8 Å². The lowest BCUT2D eigenvalue weighted by Crippen LogP contribution is -2.85. The maximum atomic E-state index is 14.6. The minimum atomic E-state index is -2.79. The molecule has 2 fully saturated rings. The molecule has 3 aliphatic rings. The van der Waals surface area contributed by atoms with E-state index in [9.17, 15) is 34.3 Å². The number of aryl methyl sites for hydroxylation is 1. The third-order valence-electron chi connectivity index (χ3n) is 9.80. The van der Waals surface area contributed by atoms with Crippen LogP contribution in [0.1, 0.15) is 33.6 Å². The summed E-state index contributed by atoms with van der Waals surface area (Å²) in [5.41, 5.74) is 14.7. The number of nitrogens with one attached hydrogen (secondary N) is 1. The zero-order valence-corrected chi connectivity index (χ0v) is 25.9. The summed E-state index contributed by atoms with van der Waals surface area (Å²) in [5.74, 6) is -9.94. The first-order valence-electron chi connectivity index (χ1n) is 14.5. The standard InChI is InChI=1S/C31H38N8O6/c1-37(2)18-9-15(11-36-12-16-7-6-8-39(16)5)22(40)19-17(18)10-29(34)13-31(35)25(38(3)4)24(42)20(28(33)45)26(43)30(31,14-32)27(44)21(29)23(19)41/h6-9,20-21,25,36,40H,10-13,34-35H2,1-5H3,(H2,33,45)/t20?,21?,25-,29-,30+,31-/m1/s1. The van der Waals surface area contributed by atoms with Gasteiger partial charge in [-0.05, 0) is 50.7 Å². The lowest BCUT2D eigenvalue weighted by atomic mass is 9.42. The molecular weight excluding hydrogens is 580 g/mol. The van der Waals surface area contributed by atoms with Crippen LogP contribution in [-0.4, -0.2) is 88.9 Å². The number of nitrogens with zero attached hydrogens (tertiary/aromatic N) is 4. The van der Waals surface area contributed by atoms with Crippen molar-refractivity contribution in [3.8, 4) is 11.8 Å². The van der Waals surface area contributed by atoms with Gasteiger partial charge in [-0.25, -0.2) is 0 Å². The van der Waals surface area contributed by atoms with Crippen LogP contribution in [0.3, 0.4) is 0 Å². The Balaban J connectivity index is 1.67. The zero-order valence-electron chi connectivity index (χ0n) is 25.9. The van der Waals surface area contributed by atoms with Crippen LogP contribution in [0.5, 0.6) is 5.75 Å². The average molecular weight is 619 g/mol. The molecule has 0 radical (unpaired) electrons. The summed E-state index contributed by atoms with van der Waals surface area (Å²) in [7, 11) is 8.35. The van der Waals surface area contributed by atoms with Gasteiger partial charge in [0.2, 0.25) is 5.91 Å². The van der Waals surface area contributed by atoms with Crippen molar-refractivity contribution in [1.29, 1.82) is 5.26 Å². The number of nitrogens with two attached hydrogens (primary N) is 3. The average Bonchev–Trinajstić information content (AvgIpc) is 3.32. The van der Waals surface area contributed by atoms with E-state index in [-0.39, 0.29) is 24.3 Å². The van der Waals surface area contributed by atoms with Crippen LogP contribution in [0.25, 0.3) is 0 Å². The van der Waals surface area contributed by atoms with Crippen molar-refractivity contribution in [2.24, 2.45) is 41.5 Å². The highest BCUT2D eigenvalue weighted by molar-refractivity contribution is 6.33. The number of likely N-dealkylation sites (N-methyl/N-ethyl adjacent to an activating group) is 1. The Bertz CT molecular complexity index is 1710. The Morgan fingerprint density at radius 1 is 1.16 bits per heavy atom. The molecule has 0 saturated heterocycles. The molecule has 0 aliphatic heterocycles. The molecule has 2 unspecified atom stereocenters. The van der Waals surface area contributed by atoms with Gasteiger partial charge in [0.25, 0.3) is 0 Å². The van der Waals surface area contributed by atoms with Crippen molar-refractivity contribution in [1.82, 2.24) is 14.8 Å². The molecule has 1 amide bonds. The fourth-order valence-electron chi connectivity index (χ4n) is 7.85. The molecule has 0 bridgehead atoms. The summed E-state index contributed by atoms with van der Waals surface area (Å²) in [6, 6.07) is 5.85. The predicted octanol–water partition coefficient (Wildman–Crippen LogP) is -1.50. The van der Waals surface area contributed by atoms with Crippen LogP contribution in [-0.2, 0) is 45.7 Å². The maximum absolute atomic E-state index is 14.6. The van der Waals surface area contributed by atoms with E-state index in [0.717, 1.165) is 5.69 Å². The molecule has 1 aromatic heterocycles. The van der Waals surface area contributed by atoms with Gasteiger partial charge >= 0.3 is 0 Å². The first-order chi connectivity index (χ1) is 21.0. The number of primary amides is 1. The number of fused-ring (bicyclic) bond motifs is 3. The van der Waals surface area contributed by atoms with E-state index in [1.807, 2.05) is 29.9 Å². The molecule has 8 N–H and O–H groups in total. The maximum Gasteiger partial charge on any atom is 0.235 e. The molecule has 2 aromatic rings. The second-order valence-corrected chi connectivity index (χ2v) is 13.0. The minimum Gasteiger partial charge on any atom is -0.507 e. The fraction of sp³-hybridized carbons (Fsp3) is 0.484. The fourth-order valence-corrected chi connectivity index (χ4v) is 7.85. The molecule has 1 aromatic carbocycles. The Morgan fingerprint density at radius 3 is 2.36 bits per heavy atom. The first-order valence-corrected chi connectivity index (χ1v) is 14.5. The van der Waals surface area contributed by atoms with Gasteiger partial charge in [-0.15, -0.1) is 0 Å². The van der Waals surface area contributed by atoms with Crippen LogP contribution >= 0.6 is 0 Å². The lowest BCUT2D eigenvalue weighted by molar-refractivity contribution is -0.166. The number of hydrogen-bond donors (Lipinski definition) is 5. The van der Waals surface area contributed by atoms with Gasteiger partial charge in [0, 0.05) is 62.9 Å². The van der Waals surface area contributed by atoms with Gasteiger partial charge < -0.3 is 37.1 Å². The van der Waals surface area contributed by atoms with Crippen molar-refractivity contribution < 1.29 is 29.1 Å². The molecule has 14 heteroatoms. The number of amides is 1. The van der Waals surface area contributed by atoms with E-state index in [2.05, 4.69) is 5.32 Å². The lowest BCUT2D eigenvalue weighted by Gasteiger charge is -2.60. The van der Waals surface area contributed by atoms with Crippen molar-refractivity contribution in [2.45, 2.75) is 43.1 Å². The monoisotopic (exact) mass is 618 g/mol. The summed E-state index contributed by atoms with van der Waals surface area (Å²) in [4.78, 5) is 71.9. The highest BCUT2D eigenvalue weighted by atomic mass is 16.3. The number of aromatic nitrogens is 1. The Hall–Kier alpha value is -4.42. The Morgan fingerprint density at radius 2 is 1.82 bits per heavy atom. The van der Waals surface area contributed by atoms with Gasteiger partial charge in [0.05, 0.1) is 23.2 Å². The number of phenols is 1. The highest BCUT2D eigenvalue weighted by Gasteiger charge is 2.78. The molecule has 0 spiro atoms. The highest BCUT2D eigenvalue weighted by Crippen LogP contribution is 2.57. The molecule has 238 valence electrons. The SMILES string of the molecule is CN(C)c1cc(CNCc2cccn2C)c(O)c2c1C[C@@]1(N)C[C@@]3(N)[C@H](N(C)C)C(=O)C(C(N)=O)C(=O)[C@@]3(C#N)C(=O)C1C2=O. The third-order valence-corrected chi connectivity index (χ3v) is 9.80. The number of Topliss-reactive ketones (excluding diaryl/α,β-unsaturated/α-hetero) is 4. The van der Waals surface area contributed by atoms with E-state index < -0.39 is 69.8 Å². The van der Waals surface area contributed by atoms with Crippen LogP contribution in [0, 0.1) is 28.6 Å². The zero-order chi connectivity index (χ0) is 33.4. The molecule has 2 saturated carbocycles. The Kier molecular flexibility index (Phi) is 7.53. The molecule has 6 atom stereocenters. The number of nitriles is 1. The molecule has 45 heavy (non-hydrogen) atoms. The number of benzene rings is 1. The van der Waals surface area contributed by atoms with Crippen LogP contribution in [0.4, 0.5) is 5.69 Å². The van der Waals surface area contributed by atoms with Gasteiger partial charge in [-0.1, -0.05) is 0 Å². The summed E-state index contributed by atoms with van der Waals surface area (Å²) in [5, 5.41) is 25.3. The Labute approximate surface area is 260 Å². The predicted molar refractivity (Wildman–Crippen MR) is 162 cm³/mol. The second kappa shape index (κ2) is 10.6. The first kappa shape index (κ1) is 32.0. The van der Waals surface area contributed by atoms with Crippen molar-refractivity contribution in [3.63, 3.8) is 0 Å². The molecule has 5 rings (SSSR count). The topological polar surface area (TPSA) is 231 Å². The largest absolute Gasteiger partial charge is 0.507 e. The molecule has 14 nitrogen and oxygen atoms in total. The number of hydrogen-bond acceptors (Lipinski definition) is 12. The second-order valence-electron chi connectivity index (χ2n) is 13.0. The van der Waals surface area contributed by atoms with Gasteiger partial charge in [-0.3, -0.25) is 28.9 Å². The van der Waals surface area contributed by atoms with Crippen molar-refractivity contribution >= 4 is 34.7 Å². The smallest absolute Gasteiger partial charge is 0.235 e. The van der Waals surface area contributed by atoms with Gasteiger partial charge in [0.15, 0.2) is 34.5 Å². The number of rotatable bonds is 7. The molecular formula is C31H38N8O6.